The summed E-state index contributed by atoms with van der Waals surface area (Å²) in [6.45, 7) is 0. The van der Waals surface area contributed by atoms with Gasteiger partial charge in [-0.15, -0.1) is 0 Å². The maximum atomic E-state index is 13.2. The topological polar surface area (TPSA) is 63.2 Å². The van der Waals surface area contributed by atoms with Gasteiger partial charge in [0.1, 0.15) is 0 Å². The Morgan fingerprint density at radius 2 is 1.34 bits per heavy atom. The van der Waals surface area contributed by atoms with Crippen molar-refractivity contribution in [3.05, 3.63) is 130 Å². The van der Waals surface area contributed by atoms with Crippen molar-refractivity contribution in [2.24, 2.45) is 0 Å². The Kier molecular flexibility index (Phi) is 4.73. The first-order valence-corrected chi connectivity index (χ1v) is 14.8. The third kappa shape index (κ3) is 3.24. The van der Waals surface area contributed by atoms with Gasteiger partial charge in [-0.2, -0.15) is 0 Å². The van der Waals surface area contributed by atoms with Gasteiger partial charge >= 0.3 is 183 Å². The van der Waals surface area contributed by atoms with Crippen LogP contribution in [0.3, 0.4) is 0 Å². The molecule has 38 heavy (non-hydrogen) atoms. The van der Waals surface area contributed by atoms with E-state index in [-0.39, 0.29) is 17.1 Å². The van der Waals surface area contributed by atoms with Gasteiger partial charge in [0.2, 0.25) is 0 Å². The molecule has 8 rings (SSSR count). The van der Waals surface area contributed by atoms with E-state index in [4.69, 9.17) is 0 Å². The molecule has 0 spiro atoms. The summed E-state index contributed by atoms with van der Waals surface area (Å²) in [7, 11) is 0. The summed E-state index contributed by atoms with van der Waals surface area (Å²) in [5.74, 6) is -0.351. The van der Waals surface area contributed by atoms with Gasteiger partial charge in [-0.1, -0.05) is 24.3 Å². The number of aromatic nitrogens is 2. The van der Waals surface area contributed by atoms with Crippen LogP contribution in [0.2, 0.25) is 0 Å². The third-order valence-corrected chi connectivity index (χ3v) is 10.4. The smallest absolute Gasteiger partial charge is 0.0616 e. The summed E-state index contributed by atoms with van der Waals surface area (Å²) < 4.78 is 2.31. The maximum absolute atomic E-state index is 13.2. The Morgan fingerprint density at radius 3 is 1.95 bits per heavy atom. The van der Waals surface area contributed by atoms with Crippen molar-refractivity contribution < 1.29 is 9.59 Å². The van der Waals surface area contributed by atoms with Gasteiger partial charge in [0.05, 0.1) is 0 Å². The van der Waals surface area contributed by atoms with Crippen LogP contribution >= 0.6 is 0 Å². The van der Waals surface area contributed by atoms with Crippen LogP contribution in [0, 0.1) is 0 Å². The number of fused-ring (bicyclic) bond motifs is 4. The number of carbonyl (C=O) groups excluding carboxylic acids is 2. The Bertz CT molecular complexity index is 1790. The van der Waals surface area contributed by atoms with Gasteiger partial charge in [-0.25, -0.2) is 0 Å². The van der Waals surface area contributed by atoms with Crippen molar-refractivity contribution in [1.82, 2.24) is 9.97 Å². The molecule has 1 aliphatic heterocycles. The number of ketones is 2. The second-order valence-electron chi connectivity index (χ2n) is 9.81. The summed E-state index contributed by atoms with van der Waals surface area (Å²) in [4.78, 5) is 38.1. The Hall–Kier alpha value is -4.11. The third-order valence-electron chi connectivity index (χ3n) is 7.54. The van der Waals surface area contributed by atoms with Crippen LogP contribution in [0.5, 0.6) is 0 Å². The summed E-state index contributed by atoms with van der Waals surface area (Å²) in [6, 6.07) is 19.8. The molecule has 4 aromatic rings. The average molecular weight is 605 g/mol. The number of nitrogens with zero attached hydrogens (tertiary/aromatic N) is 3. The van der Waals surface area contributed by atoms with Crippen LogP contribution in [0.1, 0.15) is 33.6 Å². The second-order valence-corrected chi connectivity index (χ2v) is 12.6. The molecule has 2 aromatic heterocycles. The number of allylic oxidation sites excluding steroid dienone is 7. The molecule has 0 fully saturated rings. The molecule has 0 saturated carbocycles. The molecule has 2 aromatic carbocycles. The summed E-state index contributed by atoms with van der Waals surface area (Å²) in [5.41, 5.74) is 8.30. The summed E-state index contributed by atoms with van der Waals surface area (Å²) in [6.07, 6.45) is 11.5. The minimum Gasteiger partial charge on any atom is -0.0616 e. The molecule has 6 heteroatoms. The molecule has 3 heterocycles. The zero-order valence-electron chi connectivity index (χ0n) is 20.1. The molecule has 0 unspecified atom stereocenters. The fourth-order valence-corrected chi connectivity index (χ4v) is 8.49. The summed E-state index contributed by atoms with van der Waals surface area (Å²) >= 11 is -0.632. The van der Waals surface area contributed by atoms with E-state index in [1.807, 2.05) is 67.0 Å². The van der Waals surface area contributed by atoms with Gasteiger partial charge in [0, 0.05) is 0 Å². The molecule has 0 radical (unpaired) electrons. The Balaban J connectivity index is 1.09. The predicted octanol–water partition coefficient (Wildman–Crippen LogP) is 4.66. The molecule has 0 atom stereocenters. The fourth-order valence-electron chi connectivity index (χ4n) is 5.81. The number of rotatable bonds is 2. The number of carbonyl (C=O) groups is 2. The van der Waals surface area contributed by atoms with E-state index in [1.54, 1.807) is 0 Å². The average Bonchev–Trinajstić information content (AvgIpc) is 3.58. The molecular weight excluding hydrogens is 586 g/mol. The fraction of sp³-hybridized carbons (Fsp3) is 0.0625. The van der Waals surface area contributed by atoms with Gasteiger partial charge in [0.25, 0.3) is 0 Å². The number of hydrogen-bond donors (Lipinski definition) is 0. The monoisotopic (exact) mass is 607 g/mol. The van der Waals surface area contributed by atoms with Crippen molar-refractivity contribution in [3.8, 4) is 0 Å². The van der Waals surface area contributed by atoms with E-state index in [0.29, 0.717) is 17.5 Å². The zero-order valence-corrected chi connectivity index (χ0v) is 22.5. The van der Waals surface area contributed by atoms with Crippen LogP contribution in [-0.2, 0) is 0 Å². The van der Waals surface area contributed by atoms with Crippen LogP contribution in [-0.4, -0.2) is 42.5 Å². The molecule has 3 aliphatic carbocycles. The van der Waals surface area contributed by atoms with Crippen LogP contribution < -0.4 is 12.4 Å². The van der Waals surface area contributed by atoms with Crippen molar-refractivity contribution >= 4 is 62.1 Å². The standard InChI is InChI=1S/C32H19N3O2Te/c36-29-24-16-19-5-1-2-6-20(19)17-25(24)30(37)26(29)13-18-11-21-14-23(15-22(21)12-18)35-27-7-3-9-33-31(27)38-32-28(35)8-4-10-34-32/h1-11,13,15-17H,12,14H2. The van der Waals surface area contributed by atoms with Crippen LogP contribution in [0.4, 0.5) is 11.4 Å². The van der Waals surface area contributed by atoms with E-state index in [9.17, 15) is 9.59 Å². The van der Waals surface area contributed by atoms with E-state index in [2.05, 4.69) is 39.2 Å². The first-order valence-electron chi connectivity index (χ1n) is 12.5. The van der Waals surface area contributed by atoms with Crippen molar-refractivity contribution in [1.29, 1.82) is 0 Å². The quantitative estimate of drug-likeness (QED) is 0.189. The zero-order chi connectivity index (χ0) is 25.4. The van der Waals surface area contributed by atoms with Gasteiger partial charge in [-0.05, 0) is 22.9 Å². The van der Waals surface area contributed by atoms with Gasteiger partial charge in [-0.3, -0.25) is 0 Å². The molecule has 0 amide bonds. The molecule has 4 aliphatic rings. The number of anilines is 2. The molecular formula is C32H19N3O2Te. The van der Waals surface area contributed by atoms with Crippen molar-refractivity contribution in [2.45, 2.75) is 12.8 Å². The summed E-state index contributed by atoms with van der Waals surface area (Å²) in [5, 5.41) is 1.95. The van der Waals surface area contributed by atoms with E-state index in [1.165, 1.54) is 16.8 Å². The molecule has 0 saturated heterocycles. The molecule has 0 bridgehead atoms. The SMILES string of the molecule is O=C1C(=CC2=CC3=C(C=C(N4c5cccnc5[Te]c5ncccc54)C3)C2)C(=O)c2cc3ccccc3cc21. The van der Waals surface area contributed by atoms with E-state index >= 15 is 0 Å². The second kappa shape index (κ2) is 8.19. The number of benzene rings is 2. The Labute approximate surface area is 229 Å². The van der Waals surface area contributed by atoms with Gasteiger partial charge in [0.15, 0.2) is 0 Å². The first-order chi connectivity index (χ1) is 18.6. The van der Waals surface area contributed by atoms with Crippen molar-refractivity contribution in [2.75, 3.05) is 4.90 Å². The van der Waals surface area contributed by atoms with Gasteiger partial charge < -0.3 is 0 Å². The molecule has 5 nitrogen and oxygen atoms in total. The van der Waals surface area contributed by atoms with Crippen LogP contribution in [0.25, 0.3) is 10.8 Å². The number of hydrogen-bond acceptors (Lipinski definition) is 5. The minimum absolute atomic E-state index is 0.176. The Morgan fingerprint density at radius 1 is 0.737 bits per heavy atom. The first kappa shape index (κ1) is 21.9. The van der Waals surface area contributed by atoms with Crippen LogP contribution in [0.15, 0.2) is 119 Å². The minimum atomic E-state index is -0.632. The number of pyridine rings is 2. The predicted molar refractivity (Wildman–Crippen MR) is 149 cm³/mol. The number of Topliss-reactive ketones (excluding diaryl/α,β-unsaturated/α-hetero) is 2. The molecule has 0 N–H and O–H groups in total. The normalized spacial score (nSPS) is 17.4. The molecule has 180 valence electrons. The van der Waals surface area contributed by atoms with E-state index < -0.39 is 20.9 Å². The van der Waals surface area contributed by atoms with Crippen molar-refractivity contribution in [3.63, 3.8) is 0 Å². The van der Waals surface area contributed by atoms with E-state index in [0.717, 1.165) is 41.6 Å².